The van der Waals surface area contributed by atoms with E-state index in [0.29, 0.717) is 37.0 Å². The zero-order chi connectivity index (χ0) is 16.7. The Kier molecular flexibility index (Phi) is 4.24. The number of carbonyl (C=O) groups excluding carboxylic acids is 2. The van der Waals surface area contributed by atoms with Crippen LogP contribution in [0.4, 0.5) is 0 Å². The summed E-state index contributed by atoms with van der Waals surface area (Å²) in [5.74, 6) is 1.07. The van der Waals surface area contributed by atoms with Crippen LogP contribution in [0.15, 0.2) is 12.4 Å². The Balaban J connectivity index is 1.39. The zero-order valence-corrected chi connectivity index (χ0v) is 14.5. The summed E-state index contributed by atoms with van der Waals surface area (Å²) in [4.78, 5) is 29.3. The van der Waals surface area contributed by atoms with Crippen molar-refractivity contribution in [2.75, 3.05) is 19.6 Å². The van der Waals surface area contributed by atoms with Crippen LogP contribution in [0.3, 0.4) is 0 Å². The van der Waals surface area contributed by atoms with Crippen molar-refractivity contribution < 1.29 is 9.59 Å². The fourth-order valence-corrected chi connectivity index (χ4v) is 4.05. The van der Waals surface area contributed by atoms with Gasteiger partial charge in [0.05, 0.1) is 17.1 Å². The molecule has 3 saturated heterocycles. The highest BCUT2D eigenvalue weighted by atomic mass is 35.5. The summed E-state index contributed by atoms with van der Waals surface area (Å²) in [5, 5.41) is 4.69. The molecule has 6 nitrogen and oxygen atoms in total. The number of carbonyl (C=O) groups is 2. The number of nitrogens with zero attached hydrogens (tertiary/aromatic N) is 4. The highest BCUT2D eigenvalue weighted by Crippen LogP contribution is 2.35. The van der Waals surface area contributed by atoms with E-state index in [9.17, 15) is 9.59 Å². The van der Waals surface area contributed by atoms with Crippen molar-refractivity contribution in [3.63, 3.8) is 0 Å². The Morgan fingerprint density at radius 2 is 2.08 bits per heavy atom. The van der Waals surface area contributed by atoms with Gasteiger partial charge >= 0.3 is 0 Å². The first kappa shape index (κ1) is 15.9. The second-order valence-electron chi connectivity index (χ2n) is 7.33. The molecule has 0 unspecified atom stereocenters. The number of fused-ring (bicyclic) bond motifs is 4. The van der Waals surface area contributed by atoms with Crippen LogP contribution in [0.1, 0.15) is 32.1 Å². The average Bonchev–Trinajstić information content (AvgIpc) is 3.34. The van der Waals surface area contributed by atoms with Crippen molar-refractivity contribution in [3.05, 3.63) is 17.4 Å². The molecule has 2 bridgehead atoms. The van der Waals surface area contributed by atoms with Gasteiger partial charge in [0.1, 0.15) is 0 Å². The SMILES string of the molecule is O=C(CCn1cc(Cl)cn1)N1C[C@@H]2CC[C@H](C1)N(CC1CC1)C2=O. The average molecular weight is 351 g/mol. The minimum Gasteiger partial charge on any atom is -0.340 e. The molecule has 0 spiro atoms. The van der Waals surface area contributed by atoms with Gasteiger partial charge in [0.2, 0.25) is 11.8 Å². The van der Waals surface area contributed by atoms with Crippen LogP contribution in [0.2, 0.25) is 5.02 Å². The highest BCUT2D eigenvalue weighted by molar-refractivity contribution is 6.30. The van der Waals surface area contributed by atoms with Gasteiger partial charge < -0.3 is 9.80 Å². The van der Waals surface area contributed by atoms with Gasteiger partial charge in [-0.05, 0) is 31.6 Å². The predicted octanol–water partition coefficient (Wildman–Crippen LogP) is 1.79. The minimum absolute atomic E-state index is 0.00871. The number of halogens is 1. The van der Waals surface area contributed by atoms with Crippen LogP contribution < -0.4 is 0 Å². The van der Waals surface area contributed by atoms with Crippen LogP contribution in [0.5, 0.6) is 0 Å². The van der Waals surface area contributed by atoms with Crippen LogP contribution in [0.25, 0.3) is 0 Å². The van der Waals surface area contributed by atoms with E-state index in [4.69, 9.17) is 11.6 Å². The van der Waals surface area contributed by atoms with Crippen LogP contribution >= 0.6 is 11.6 Å². The van der Waals surface area contributed by atoms with Gasteiger partial charge in [-0.2, -0.15) is 5.10 Å². The highest BCUT2D eigenvalue weighted by Gasteiger charge is 2.43. The first-order valence-corrected chi connectivity index (χ1v) is 9.24. The lowest BCUT2D eigenvalue weighted by Crippen LogP contribution is -2.48. The van der Waals surface area contributed by atoms with E-state index in [0.717, 1.165) is 19.4 Å². The van der Waals surface area contributed by atoms with Crippen LogP contribution in [0, 0.1) is 11.8 Å². The quantitative estimate of drug-likeness (QED) is 0.813. The maximum absolute atomic E-state index is 12.7. The van der Waals surface area contributed by atoms with E-state index in [1.807, 2.05) is 4.90 Å². The van der Waals surface area contributed by atoms with Crippen LogP contribution in [-0.2, 0) is 16.1 Å². The number of rotatable bonds is 5. The second-order valence-corrected chi connectivity index (χ2v) is 7.77. The maximum atomic E-state index is 12.7. The monoisotopic (exact) mass is 350 g/mol. The largest absolute Gasteiger partial charge is 0.340 e. The van der Waals surface area contributed by atoms with Crippen molar-refractivity contribution in [2.24, 2.45) is 11.8 Å². The first-order valence-electron chi connectivity index (χ1n) is 8.86. The van der Waals surface area contributed by atoms with Gasteiger partial charge in [0, 0.05) is 44.8 Å². The number of piperidine rings is 1. The summed E-state index contributed by atoms with van der Waals surface area (Å²) in [7, 11) is 0. The maximum Gasteiger partial charge on any atom is 0.227 e. The molecule has 2 atom stereocenters. The minimum atomic E-state index is -0.00871. The van der Waals surface area contributed by atoms with E-state index >= 15 is 0 Å². The Morgan fingerprint density at radius 1 is 1.25 bits per heavy atom. The Labute approximate surface area is 146 Å². The van der Waals surface area contributed by atoms with E-state index in [1.165, 1.54) is 12.8 Å². The fourth-order valence-electron chi connectivity index (χ4n) is 3.89. The molecule has 5 rings (SSSR count). The topological polar surface area (TPSA) is 58.4 Å². The van der Waals surface area contributed by atoms with Gasteiger partial charge in [0.25, 0.3) is 0 Å². The second kappa shape index (κ2) is 6.39. The van der Waals surface area contributed by atoms with E-state index < -0.39 is 0 Å². The summed E-state index contributed by atoms with van der Waals surface area (Å²) in [6, 6.07) is 0.208. The number of hydrogen-bond acceptors (Lipinski definition) is 3. The molecule has 0 N–H and O–H groups in total. The molecule has 0 radical (unpaired) electrons. The van der Waals surface area contributed by atoms with Crippen LogP contribution in [-0.4, -0.2) is 57.1 Å². The summed E-state index contributed by atoms with van der Waals surface area (Å²) >= 11 is 5.85. The first-order chi connectivity index (χ1) is 11.6. The Morgan fingerprint density at radius 3 is 2.79 bits per heavy atom. The summed E-state index contributed by atoms with van der Waals surface area (Å²) in [6.45, 7) is 2.69. The standard InChI is InChI=1S/C17H23ClN4O2/c18-14-7-19-21(10-14)6-5-16(23)20-9-13-3-4-15(11-20)22(17(13)24)8-12-1-2-12/h7,10,12-13,15H,1-6,8-9,11H2/t13-,15+/m0/s1. The van der Waals surface area contributed by atoms with Gasteiger partial charge in [-0.15, -0.1) is 0 Å². The van der Waals surface area contributed by atoms with Gasteiger partial charge in [-0.1, -0.05) is 11.6 Å². The number of aryl methyl sites for hydroxylation is 1. The summed E-state index contributed by atoms with van der Waals surface area (Å²) in [6.07, 6.45) is 8.14. The van der Waals surface area contributed by atoms with Gasteiger partial charge in [-0.25, -0.2) is 0 Å². The molecule has 2 amide bonds. The molecule has 4 aliphatic rings. The number of aromatic nitrogens is 2. The molecule has 130 valence electrons. The third-order valence-corrected chi connectivity index (χ3v) is 5.65. The predicted molar refractivity (Wildman–Crippen MR) is 89.4 cm³/mol. The molecule has 7 heteroatoms. The van der Waals surface area contributed by atoms with Crippen molar-refractivity contribution in [1.29, 1.82) is 0 Å². The van der Waals surface area contributed by atoms with Crippen molar-refractivity contribution in [3.8, 4) is 0 Å². The summed E-state index contributed by atoms with van der Waals surface area (Å²) < 4.78 is 1.69. The van der Waals surface area contributed by atoms with Crippen molar-refractivity contribution >= 4 is 23.4 Å². The third-order valence-electron chi connectivity index (χ3n) is 5.45. The van der Waals surface area contributed by atoms with Crippen molar-refractivity contribution in [2.45, 2.75) is 44.7 Å². The third kappa shape index (κ3) is 3.29. The Hall–Kier alpha value is -1.56. The lowest BCUT2D eigenvalue weighted by Gasteiger charge is -2.36. The normalized spacial score (nSPS) is 26.8. The molecule has 4 fully saturated rings. The zero-order valence-electron chi connectivity index (χ0n) is 13.7. The Bertz CT molecular complexity index is 642. The summed E-state index contributed by atoms with van der Waals surface area (Å²) in [5.41, 5.74) is 0. The smallest absolute Gasteiger partial charge is 0.227 e. The lowest BCUT2D eigenvalue weighted by molar-refractivity contribution is -0.140. The van der Waals surface area contributed by atoms with Gasteiger partial charge in [-0.3, -0.25) is 14.3 Å². The molecule has 0 aromatic carbocycles. The molecule has 1 aromatic rings. The number of amides is 2. The van der Waals surface area contributed by atoms with E-state index in [2.05, 4.69) is 10.00 Å². The van der Waals surface area contributed by atoms with Gasteiger partial charge in [0.15, 0.2) is 0 Å². The fraction of sp³-hybridized carbons (Fsp3) is 0.706. The molecule has 1 saturated carbocycles. The van der Waals surface area contributed by atoms with E-state index in [-0.39, 0.29) is 23.8 Å². The molecule has 24 heavy (non-hydrogen) atoms. The molecular formula is C17H23ClN4O2. The molecule has 4 heterocycles. The number of hydrogen-bond donors (Lipinski definition) is 0. The van der Waals surface area contributed by atoms with E-state index in [1.54, 1.807) is 17.1 Å². The lowest BCUT2D eigenvalue weighted by atomic mass is 9.94. The molecule has 1 aliphatic carbocycles. The molecule has 1 aromatic heterocycles. The van der Waals surface area contributed by atoms with Crippen molar-refractivity contribution in [1.82, 2.24) is 19.6 Å². The molecular weight excluding hydrogens is 328 g/mol. The molecule has 3 aliphatic heterocycles.